The van der Waals surface area contributed by atoms with Crippen LogP contribution < -0.4 is 5.32 Å². The minimum atomic E-state index is 0. The van der Waals surface area contributed by atoms with E-state index in [2.05, 4.69) is 36.2 Å². The summed E-state index contributed by atoms with van der Waals surface area (Å²) in [4.78, 5) is 17.5. The third kappa shape index (κ3) is 5.90. The zero-order valence-corrected chi connectivity index (χ0v) is 15.4. The highest BCUT2D eigenvalue weighted by Crippen LogP contribution is 2.19. The highest BCUT2D eigenvalue weighted by atomic mass is 35.5. The average molecular weight is 345 g/mol. The lowest BCUT2D eigenvalue weighted by atomic mass is 10.0. The van der Waals surface area contributed by atoms with Gasteiger partial charge in [0.15, 0.2) is 0 Å². The van der Waals surface area contributed by atoms with E-state index in [0.717, 1.165) is 51.7 Å². The third-order valence-corrected chi connectivity index (χ3v) is 5.20. The van der Waals surface area contributed by atoms with Crippen LogP contribution in [-0.2, 0) is 11.2 Å². The molecule has 1 aliphatic heterocycles. The number of piperidine rings is 1. The quantitative estimate of drug-likeness (QED) is 0.816. The van der Waals surface area contributed by atoms with E-state index in [1.165, 1.54) is 9.75 Å². The molecule has 22 heavy (non-hydrogen) atoms. The van der Waals surface area contributed by atoms with Gasteiger partial charge in [-0.05, 0) is 64.3 Å². The van der Waals surface area contributed by atoms with Gasteiger partial charge in [-0.1, -0.05) is 6.92 Å². The first-order valence-corrected chi connectivity index (χ1v) is 9.08. The average Bonchev–Trinajstić information content (AvgIpc) is 2.91. The number of halogens is 1. The number of rotatable bonds is 7. The number of hydrogen-bond acceptors (Lipinski definition) is 3. The van der Waals surface area contributed by atoms with Crippen LogP contribution in [0.5, 0.6) is 0 Å². The Labute approximate surface area is 144 Å². The van der Waals surface area contributed by atoms with Crippen molar-refractivity contribution in [3.05, 3.63) is 21.9 Å². The molecule has 0 atom stereocenters. The standard InChI is InChI=1S/C17H28N2OS.ClH/c1-3-13-19(15-9-11-18-12-10-15)17(20)6-4-5-16-8-7-14(2)21-16;/h7-8,15,18H,3-6,9-13H2,1-2H3;1H. The van der Waals surface area contributed by atoms with Crippen molar-refractivity contribution in [3.8, 4) is 0 Å². The monoisotopic (exact) mass is 344 g/mol. The Morgan fingerprint density at radius 1 is 1.36 bits per heavy atom. The lowest BCUT2D eigenvalue weighted by molar-refractivity contribution is -0.134. The van der Waals surface area contributed by atoms with Crippen LogP contribution in [-0.4, -0.2) is 36.5 Å². The second-order valence-electron chi connectivity index (χ2n) is 5.93. The zero-order valence-electron chi connectivity index (χ0n) is 13.8. The predicted octanol–water partition coefficient (Wildman–Crippen LogP) is 3.79. The zero-order chi connectivity index (χ0) is 15.1. The molecule has 1 amide bonds. The Hall–Kier alpha value is -0.580. The summed E-state index contributed by atoms with van der Waals surface area (Å²) in [5.74, 6) is 0.358. The topological polar surface area (TPSA) is 32.3 Å². The van der Waals surface area contributed by atoms with Gasteiger partial charge < -0.3 is 10.2 Å². The first-order chi connectivity index (χ1) is 10.2. The predicted molar refractivity (Wildman–Crippen MR) is 97.1 cm³/mol. The molecule has 2 heterocycles. The number of thiophene rings is 1. The number of nitrogens with zero attached hydrogens (tertiary/aromatic N) is 1. The maximum absolute atomic E-state index is 12.5. The number of hydrogen-bond donors (Lipinski definition) is 1. The number of carbonyl (C=O) groups is 1. The van der Waals surface area contributed by atoms with Crippen LogP contribution in [0.1, 0.15) is 48.8 Å². The molecule has 1 aromatic rings. The highest BCUT2D eigenvalue weighted by Gasteiger charge is 2.24. The van der Waals surface area contributed by atoms with Gasteiger partial charge in [0.2, 0.25) is 5.91 Å². The highest BCUT2D eigenvalue weighted by molar-refractivity contribution is 7.11. The molecule has 5 heteroatoms. The van der Waals surface area contributed by atoms with Gasteiger partial charge in [-0.15, -0.1) is 23.7 Å². The molecular weight excluding hydrogens is 316 g/mol. The first-order valence-electron chi connectivity index (χ1n) is 8.26. The van der Waals surface area contributed by atoms with Crippen LogP contribution in [0.3, 0.4) is 0 Å². The Kier molecular flexibility index (Phi) is 9.06. The molecule has 1 fully saturated rings. The van der Waals surface area contributed by atoms with E-state index in [-0.39, 0.29) is 12.4 Å². The number of carbonyl (C=O) groups excluding carboxylic acids is 1. The van der Waals surface area contributed by atoms with E-state index in [1.807, 2.05) is 11.3 Å². The number of nitrogens with one attached hydrogen (secondary N) is 1. The van der Waals surface area contributed by atoms with Gasteiger partial charge >= 0.3 is 0 Å². The van der Waals surface area contributed by atoms with E-state index in [0.29, 0.717) is 18.4 Å². The molecule has 1 N–H and O–H groups in total. The second kappa shape index (κ2) is 10.2. The van der Waals surface area contributed by atoms with Gasteiger partial charge in [0.25, 0.3) is 0 Å². The van der Waals surface area contributed by atoms with Crippen LogP contribution >= 0.6 is 23.7 Å². The van der Waals surface area contributed by atoms with E-state index >= 15 is 0 Å². The molecule has 0 aliphatic carbocycles. The molecule has 2 rings (SSSR count). The van der Waals surface area contributed by atoms with E-state index < -0.39 is 0 Å². The van der Waals surface area contributed by atoms with Crippen molar-refractivity contribution in [2.75, 3.05) is 19.6 Å². The molecule has 0 spiro atoms. The van der Waals surface area contributed by atoms with Gasteiger partial charge in [-0.25, -0.2) is 0 Å². The molecular formula is C17H29ClN2OS. The van der Waals surface area contributed by atoms with Crippen molar-refractivity contribution < 1.29 is 4.79 Å². The molecule has 1 aliphatic rings. The SMILES string of the molecule is CCCN(C(=O)CCCc1ccc(C)s1)C1CCNCC1.Cl. The van der Waals surface area contributed by atoms with Crippen LogP contribution in [0.15, 0.2) is 12.1 Å². The fraction of sp³-hybridized carbons (Fsp3) is 0.706. The molecule has 0 saturated carbocycles. The van der Waals surface area contributed by atoms with Crippen LogP contribution in [0, 0.1) is 6.92 Å². The van der Waals surface area contributed by atoms with Crippen molar-refractivity contribution in [1.82, 2.24) is 10.2 Å². The minimum Gasteiger partial charge on any atom is -0.340 e. The van der Waals surface area contributed by atoms with Crippen molar-refractivity contribution in [2.24, 2.45) is 0 Å². The molecule has 0 unspecified atom stereocenters. The van der Waals surface area contributed by atoms with Gasteiger partial charge in [-0.2, -0.15) is 0 Å². The summed E-state index contributed by atoms with van der Waals surface area (Å²) in [6.45, 7) is 7.32. The third-order valence-electron chi connectivity index (χ3n) is 4.14. The summed E-state index contributed by atoms with van der Waals surface area (Å²) >= 11 is 1.85. The summed E-state index contributed by atoms with van der Waals surface area (Å²) in [5.41, 5.74) is 0. The summed E-state index contributed by atoms with van der Waals surface area (Å²) in [6, 6.07) is 4.82. The summed E-state index contributed by atoms with van der Waals surface area (Å²) in [5, 5.41) is 3.38. The Morgan fingerprint density at radius 3 is 2.68 bits per heavy atom. The van der Waals surface area contributed by atoms with E-state index in [4.69, 9.17) is 0 Å². The summed E-state index contributed by atoms with van der Waals surface area (Å²) in [7, 11) is 0. The fourth-order valence-corrected chi connectivity index (χ4v) is 3.98. The van der Waals surface area contributed by atoms with Crippen LogP contribution in [0.25, 0.3) is 0 Å². The Morgan fingerprint density at radius 2 is 2.09 bits per heavy atom. The maximum atomic E-state index is 12.5. The second-order valence-corrected chi connectivity index (χ2v) is 7.31. The van der Waals surface area contributed by atoms with Crippen molar-refractivity contribution in [2.45, 2.75) is 58.4 Å². The first kappa shape index (κ1) is 19.5. The Bertz CT molecular complexity index is 444. The van der Waals surface area contributed by atoms with Crippen LogP contribution in [0.4, 0.5) is 0 Å². The molecule has 1 saturated heterocycles. The molecule has 0 aromatic carbocycles. The lowest BCUT2D eigenvalue weighted by Crippen LogP contribution is -2.46. The fourth-order valence-electron chi connectivity index (χ4n) is 3.05. The molecule has 0 bridgehead atoms. The smallest absolute Gasteiger partial charge is 0.222 e. The van der Waals surface area contributed by atoms with Gasteiger partial charge in [-0.3, -0.25) is 4.79 Å². The maximum Gasteiger partial charge on any atom is 0.222 e. The molecule has 1 aromatic heterocycles. The van der Waals surface area contributed by atoms with Gasteiger partial charge in [0, 0.05) is 28.8 Å². The Balaban J connectivity index is 0.00000242. The number of amides is 1. The number of aryl methyl sites for hydroxylation is 2. The molecule has 3 nitrogen and oxygen atoms in total. The largest absolute Gasteiger partial charge is 0.340 e. The summed E-state index contributed by atoms with van der Waals surface area (Å²) in [6.07, 6.45) is 5.98. The normalized spacial score (nSPS) is 15.4. The van der Waals surface area contributed by atoms with Crippen molar-refractivity contribution in [1.29, 1.82) is 0 Å². The minimum absolute atomic E-state index is 0. The molecule has 0 radical (unpaired) electrons. The van der Waals surface area contributed by atoms with Gasteiger partial charge in [0.1, 0.15) is 0 Å². The summed E-state index contributed by atoms with van der Waals surface area (Å²) < 4.78 is 0. The lowest BCUT2D eigenvalue weighted by Gasteiger charge is -2.34. The van der Waals surface area contributed by atoms with E-state index in [1.54, 1.807) is 0 Å². The van der Waals surface area contributed by atoms with E-state index in [9.17, 15) is 4.79 Å². The molecule has 126 valence electrons. The van der Waals surface area contributed by atoms with Crippen LogP contribution in [0.2, 0.25) is 0 Å². The van der Waals surface area contributed by atoms with Crippen molar-refractivity contribution in [3.63, 3.8) is 0 Å². The van der Waals surface area contributed by atoms with Crippen molar-refractivity contribution >= 4 is 29.7 Å². The van der Waals surface area contributed by atoms with Gasteiger partial charge in [0.05, 0.1) is 0 Å².